The van der Waals surface area contributed by atoms with E-state index >= 15 is 0 Å². The van der Waals surface area contributed by atoms with E-state index in [0.29, 0.717) is 22.3 Å². The minimum Gasteiger partial charge on any atom is -0.340 e. The van der Waals surface area contributed by atoms with Gasteiger partial charge in [-0.2, -0.15) is 4.31 Å². The van der Waals surface area contributed by atoms with E-state index < -0.39 is 10.0 Å². The van der Waals surface area contributed by atoms with E-state index in [1.807, 2.05) is 5.38 Å². The molecule has 6 nitrogen and oxygen atoms in total. The summed E-state index contributed by atoms with van der Waals surface area (Å²) in [4.78, 5) is 26.5. The maximum absolute atomic E-state index is 12.6. The molecule has 10 heteroatoms. The third-order valence-corrected chi connectivity index (χ3v) is 8.60. The first kappa shape index (κ1) is 19.5. The molecule has 0 saturated carbocycles. The molecule has 2 aromatic rings. The molecule has 1 aliphatic heterocycles. The molecule has 0 radical (unpaired) electrons. The summed E-state index contributed by atoms with van der Waals surface area (Å²) in [5.74, 6) is -0.157. The zero-order valence-electron chi connectivity index (χ0n) is 13.8. The van der Waals surface area contributed by atoms with Crippen LogP contribution in [0.5, 0.6) is 0 Å². The minimum atomic E-state index is -3.57. The molecule has 0 bridgehead atoms. The number of hydrogen-bond donors (Lipinski definition) is 0. The Morgan fingerprint density at radius 3 is 2.38 bits per heavy atom. The van der Waals surface area contributed by atoms with Crippen molar-refractivity contribution < 1.29 is 18.0 Å². The number of hydrogen-bond acceptors (Lipinski definition) is 6. The van der Waals surface area contributed by atoms with E-state index in [4.69, 9.17) is 11.6 Å². The number of rotatable bonds is 6. The number of Topliss-reactive ketones (excluding diaryl/α,β-unsaturated/α-hetero) is 1. The van der Waals surface area contributed by atoms with Crippen LogP contribution in [-0.2, 0) is 14.8 Å². The summed E-state index contributed by atoms with van der Waals surface area (Å²) < 4.78 is 27.1. The Morgan fingerprint density at radius 2 is 1.81 bits per heavy atom. The number of ketones is 1. The lowest BCUT2D eigenvalue weighted by molar-refractivity contribution is -0.132. The van der Waals surface area contributed by atoms with Gasteiger partial charge >= 0.3 is 0 Å². The van der Waals surface area contributed by atoms with Crippen molar-refractivity contribution in [3.63, 3.8) is 0 Å². The summed E-state index contributed by atoms with van der Waals surface area (Å²) in [6.45, 7) is 1.12. The van der Waals surface area contributed by atoms with Crippen molar-refractivity contribution in [1.29, 1.82) is 0 Å². The van der Waals surface area contributed by atoms with Crippen LogP contribution in [-0.4, -0.2) is 55.5 Å². The lowest BCUT2D eigenvalue weighted by Gasteiger charge is -2.33. The van der Waals surface area contributed by atoms with Crippen molar-refractivity contribution in [2.24, 2.45) is 0 Å². The van der Waals surface area contributed by atoms with Crippen molar-refractivity contribution >= 4 is 56.0 Å². The number of thiophene rings is 2. The summed E-state index contributed by atoms with van der Waals surface area (Å²) >= 11 is 8.21. The molecule has 140 valence electrons. The standard InChI is InChI=1S/C16H17ClN2O4S3/c17-14-4-6-16(25-14)26(22,23)19-9-7-18(8-10-19)15(21)5-3-12(20)13-2-1-11-24-13/h1-2,4,6,11H,3,5,7-10H2. The smallest absolute Gasteiger partial charge is 0.252 e. The van der Waals surface area contributed by atoms with Crippen molar-refractivity contribution in [2.45, 2.75) is 17.1 Å². The van der Waals surface area contributed by atoms with E-state index in [1.54, 1.807) is 23.1 Å². The second-order valence-corrected chi connectivity index (χ2v) is 10.6. The highest BCUT2D eigenvalue weighted by Gasteiger charge is 2.31. The van der Waals surface area contributed by atoms with Crippen molar-refractivity contribution in [1.82, 2.24) is 9.21 Å². The first-order valence-electron chi connectivity index (χ1n) is 7.98. The molecule has 1 saturated heterocycles. The molecule has 1 fully saturated rings. The molecule has 0 unspecified atom stereocenters. The molecule has 3 rings (SSSR count). The van der Waals surface area contributed by atoms with Crippen LogP contribution in [0.1, 0.15) is 22.5 Å². The number of sulfonamides is 1. The fourth-order valence-electron chi connectivity index (χ4n) is 2.68. The van der Waals surface area contributed by atoms with Crippen LogP contribution in [0.4, 0.5) is 0 Å². The van der Waals surface area contributed by atoms with E-state index in [2.05, 4.69) is 0 Å². The lowest BCUT2D eigenvalue weighted by Crippen LogP contribution is -2.50. The molecular formula is C16H17ClN2O4S3. The molecule has 1 amide bonds. The summed E-state index contributed by atoms with van der Waals surface area (Å²) in [5, 5.41) is 1.83. The highest BCUT2D eigenvalue weighted by atomic mass is 35.5. The molecular weight excluding hydrogens is 416 g/mol. The van der Waals surface area contributed by atoms with Crippen molar-refractivity contribution in [2.75, 3.05) is 26.2 Å². The molecule has 0 aliphatic carbocycles. The fourth-order valence-corrected chi connectivity index (χ4v) is 6.43. The molecule has 26 heavy (non-hydrogen) atoms. The monoisotopic (exact) mass is 432 g/mol. The van der Waals surface area contributed by atoms with Crippen LogP contribution < -0.4 is 0 Å². The van der Waals surface area contributed by atoms with Gasteiger partial charge in [-0.3, -0.25) is 9.59 Å². The summed E-state index contributed by atoms with van der Waals surface area (Å²) in [5.41, 5.74) is 0. The molecule has 0 spiro atoms. The van der Waals surface area contributed by atoms with Gasteiger partial charge in [0.15, 0.2) is 5.78 Å². The van der Waals surface area contributed by atoms with Gasteiger partial charge in [0.05, 0.1) is 9.21 Å². The van der Waals surface area contributed by atoms with Gasteiger partial charge in [-0.25, -0.2) is 8.42 Å². The Morgan fingerprint density at radius 1 is 1.08 bits per heavy atom. The Bertz CT molecular complexity index is 885. The Hall–Kier alpha value is -1.26. The summed E-state index contributed by atoms with van der Waals surface area (Å²) in [6.07, 6.45) is 0.315. The SMILES string of the molecule is O=C(CCC(=O)N1CCN(S(=O)(=O)c2ccc(Cl)s2)CC1)c1cccs1. The quantitative estimate of drug-likeness (QED) is 0.657. The minimum absolute atomic E-state index is 0.0378. The van der Waals surface area contributed by atoms with Crippen LogP contribution in [0.15, 0.2) is 33.9 Å². The lowest BCUT2D eigenvalue weighted by atomic mass is 10.1. The van der Waals surface area contributed by atoms with Gasteiger partial charge in [0.25, 0.3) is 10.0 Å². The molecule has 1 aliphatic rings. The van der Waals surface area contributed by atoms with Gasteiger partial charge in [-0.15, -0.1) is 22.7 Å². The summed E-state index contributed by atoms with van der Waals surface area (Å²) in [6, 6.07) is 6.61. The number of amides is 1. The predicted molar refractivity (Wildman–Crippen MR) is 103 cm³/mol. The Balaban J connectivity index is 1.51. The topological polar surface area (TPSA) is 74.8 Å². The maximum atomic E-state index is 12.6. The Labute approximate surface area is 165 Å². The van der Waals surface area contributed by atoms with E-state index in [-0.39, 0.29) is 41.8 Å². The number of nitrogens with zero attached hydrogens (tertiary/aromatic N) is 2. The number of piperazine rings is 1. The van der Waals surface area contributed by atoms with Gasteiger partial charge in [0.2, 0.25) is 5.91 Å². The average molecular weight is 433 g/mol. The second kappa shape index (κ2) is 8.18. The predicted octanol–water partition coefficient (Wildman–Crippen LogP) is 2.96. The van der Waals surface area contributed by atoms with Gasteiger partial charge in [0.1, 0.15) is 4.21 Å². The third-order valence-electron chi connectivity index (χ3n) is 4.10. The molecule has 0 atom stereocenters. The highest BCUT2D eigenvalue weighted by molar-refractivity contribution is 7.91. The van der Waals surface area contributed by atoms with Gasteiger partial charge < -0.3 is 4.90 Å². The van der Waals surface area contributed by atoms with Gasteiger partial charge in [-0.1, -0.05) is 17.7 Å². The van der Waals surface area contributed by atoms with Crippen LogP contribution in [0.25, 0.3) is 0 Å². The van der Waals surface area contributed by atoms with Crippen LogP contribution in [0, 0.1) is 0 Å². The molecule has 3 heterocycles. The zero-order chi connectivity index (χ0) is 18.7. The second-order valence-electron chi connectivity index (χ2n) is 5.74. The normalized spacial score (nSPS) is 16.0. The van der Waals surface area contributed by atoms with Gasteiger partial charge in [-0.05, 0) is 23.6 Å². The number of carbonyl (C=O) groups excluding carboxylic acids is 2. The fraction of sp³-hybridized carbons (Fsp3) is 0.375. The largest absolute Gasteiger partial charge is 0.340 e. The van der Waals surface area contributed by atoms with E-state index in [9.17, 15) is 18.0 Å². The van der Waals surface area contributed by atoms with Gasteiger partial charge in [0, 0.05) is 39.0 Å². The van der Waals surface area contributed by atoms with E-state index in [0.717, 1.165) is 11.3 Å². The Kier molecular flexibility index (Phi) is 6.13. The number of halogens is 1. The van der Waals surface area contributed by atoms with E-state index in [1.165, 1.54) is 21.7 Å². The molecule has 2 aromatic heterocycles. The first-order valence-corrected chi connectivity index (χ1v) is 11.5. The highest BCUT2D eigenvalue weighted by Crippen LogP contribution is 2.28. The first-order chi connectivity index (χ1) is 12.4. The zero-order valence-corrected chi connectivity index (χ0v) is 17.0. The summed E-state index contributed by atoms with van der Waals surface area (Å²) in [7, 11) is -3.57. The van der Waals surface area contributed by atoms with Crippen LogP contribution in [0.2, 0.25) is 4.34 Å². The molecule has 0 aromatic carbocycles. The van der Waals surface area contributed by atoms with Crippen LogP contribution in [0.3, 0.4) is 0 Å². The maximum Gasteiger partial charge on any atom is 0.252 e. The van der Waals surface area contributed by atoms with Crippen molar-refractivity contribution in [3.8, 4) is 0 Å². The molecule has 0 N–H and O–H groups in total. The third kappa shape index (κ3) is 4.34. The average Bonchev–Trinajstić information content (AvgIpc) is 3.31. The number of carbonyl (C=O) groups is 2. The van der Waals surface area contributed by atoms with Crippen molar-refractivity contribution in [3.05, 3.63) is 38.9 Å². The van der Waals surface area contributed by atoms with Crippen LogP contribution >= 0.6 is 34.3 Å².